The second kappa shape index (κ2) is 11.1. The Morgan fingerprint density at radius 1 is 1.12 bits per heavy atom. The van der Waals surface area contributed by atoms with E-state index in [4.69, 9.17) is 16.6 Å². The number of nitrogens with zero attached hydrogens (tertiary/aromatic N) is 1. The van der Waals surface area contributed by atoms with E-state index in [2.05, 4.69) is 72.3 Å². The second-order valence-corrected chi connectivity index (χ2v) is 9.38. The molecular weight excluding hydrogens is 416 g/mol. The molecule has 32 heavy (non-hydrogen) atoms. The number of hydrogen-bond acceptors (Lipinski definition) is 4. The van der Waals surface area contributed by atoms with Crippen molar-refractivity contribution in [2.75, 3.05) is 18.4 Å². The monoisotopic (exact) mass is 450 g/mol. The predicted molar refractivity (Wildman–Crippen MR) is 139 cm³/mol. The quantitative estimate of drug-likeness (QED) is 0.355. The third-order valence-corrected chi connectivity index (χ3v) is 6.64. The summed E-state index contributed by atoms with van der Waals surface area (Å²) in [4.78, 5) is 5.12. The van der Waals surface area contributed by atoms with Gasteiger partial charge in [-0.05, 0) is 81.1 Å². The fourth-order valence-electron chi connectivity index (χ4n) is 4.46. The van der Waals surface area contributed by atoms with E-state index in [-0.39, 0.29) is 6.17 Å². The molecule has 0 spiro atoms. The van der Waals surface area contributed by atoms with Crippen molar-refractivity contribution in [2.45, 2.75) is 64.6 Å². The van der Waals surface area contributed by atoms with Crippen molar-refractivity contribution in [1.29, 1.82) is 0 Å². The molecule has 0 fully saturated rings. The number of nitrogens with one attached hydrogen (secondary N) is 3. The van der Waals surface area contributed by atoms with Crippen LogP contribution in [0.15, 0.2) is 64.1 Å². The fourth-order valence-corrected chi connectivity index (χ4v) is 4.62. The molecule has 0 bridgehead atoms. The molecule has 4 rings (SSSR count). The Kier molecular flexibility index (Phi) is 8.01. The van der Waals surface area contributed by atoms with Crippen molar-refractivity contribution < 1.29 is 0 Å². The Balaban J connectivity index is 1.51. The fraction of sp³-hybridized carbons (Fsp3) is 0.444. The molecule has 2 atom stereocenters. The van der Waals surface area contributed by atoms with Crippen molar-refractivity contribution >= 4 is 33.9 Å². The zero-order valence-corrected chi connectivity index (χ0v) is 20.0. The third-order valence-electron chi connectivity index (χ3n) is 6.33. The van der Waals surface area contributed by atoms with Crippen LogP contribution in [0, 0.1) is 0 Å². The van der Waals surface area contributed by atoms with Gasteiger partial charge in [0.15, 0.2) is 0 Å². The summed E-state index contributed by atoms with van der Waals surface area (Å²) in [5, 5.41) is 14.3. The molecular formula is C27H35ClN4. The molecule has 2 aliphatic rings. The minimum Gasteiger partial charge on any atom is -0.344 e. The summed E-state index contributed by atoms with van der Waals surface area (Å²) in [6.45, 7) is 6.52. The minimum absolute atomic E-state index is 0.0188. The highest BCUT2D eigenvalue weighted by Crippen LogP contribution is 2.34. The van der Waals surface area contributed by atoms with E-state index in [1.165, 1.54) is 34.0 Å². The lowest BCUT2D eigenvalue weighted by atomic mass is 9.98. The Hall–Kier alpha value is -2.14. The van der Waals surface area contributed by atoms with Gasteiger partial charge < -0.3 is 10.6 Å². The highest BCUT2D eigenvalue weighted by Gasteiger charge is 2.23. The van der Waals surface area contributed by atoms with Crippen LogP contribution in [0.4, 0.5) is 5.69 Å². The summed E-state index contributed by atoms with van der Waals surface area (Å²) in [5.41, 5.74) is 3.86. The summed E-state index contributed by atoms with van der Waals surface area (Å²) >= 11 is 6.12. The van der Waals surface area contributed by atoms with Gasteiger partial charge in [0.25, 0.3) is 0 Å². The highest BCUT2D eigenvalue weighted by molar-refractivity contribution is 6.29. The van der Waals surface area contributed by atoms with Gasteiger partial charge in [-0.15, -0.1) is 0 Å². The molecule has 4 nitrogen and oxygen atoms in total. The maximum atomic E-state index is 6.12. The average molecular weight is 451 g/mol. The number of rotatable bonds is 10. The Bertz CT molecular complexity index is 1020. The zero-order valence-electron chi connectivity index (χ0n) is 19.3. The van der Waals surface area contributed by atoms with Crippen molar-refractivity contribution in [3.8, 4) is 0 Å². The molecule has 5 heteroatoms. The molecule has 0 aromatic heterocycles. The topological polar surface area (TPSA) is 48.5 Å². The number of amidine groups is 1. The lowest BCUT2D eigenvalue weighted by Gasteiger charge is -2.29. The van der Waals surface area contributed by atoms with Crippen molar-refractivity contribution in [3.63, 3.8) is 0 Å². The average Bonchev–Trinajstić information content (AvgIpc) is 2.80. The molecule has 1 heterocycles. The number of benzene rings is 2. The van der Waals surface area contributed by atoms with Crippen LogP contribution in [0.25, 0.3) is 10.8 Å². The third kappa shape index (κ3) is 6.00. The molecule has 170 valence electrons. The van der Waals surface area contributed by atoms with Crippen LogP contribution >= 0.6 is 11.6 Å². The molecule has 1 aliphatic carbocycles. The molecule has 1 aliphatic heterocycles. The smallest absolute Gasteiger partial charge is 0.129 e. The van der Waals surface area contributed by atoms with E-state index in [9.17, 15) is 0 Å². The minimum atomic E-state index is -0.0188. The van der Waals surface area contributed by atoms with Crippen LogP contribution in [0.2, 0.25) is 0 Å². The molecule has 0 saturated heterocycles. The van der Waals surface area contributed by atoms with Crippen LogP contribution in [-0.2, 0) is 0 Å². The van der Waals surface area contributed by atoms with Crippen molar-refractivity contribution in [3.05, 3.63) is 64.7 Å². The zero-order chi connectivity index (χ0) is 22.3. The number of hydrogen-bond donors (Lipinski definition) is 3. The molecule has 2 unspecified atom stereocenters. The van der Waals surface area contributed by atoms with Gasteiger partial charge in [-0.25, -0.2) is 4.99 Å². The Morgan fingerprint density at radius 3 is 2.69 bits per heavy atom. The standard InChI is InChI=1S/C27H35ClN4/c1-3-29-16-6-7-19(2)30-27-24-17-21-8-4-5-9-22(21)18-25(24)31-26(32-27)15-12-20-10-13-23(28)14-11-20/h4-5,8-10,13,17-19,27,29-30H,3,6-7,11-12,14-16H2,1-2H3,(H,31,32). The molecule has 0 radical (unpaired) electrons. The van der Waals surface area contributed by atoms with Crippen molar-refractivity contribution in [2.24, 2.45) is 4.99 Å². The van der Waals surface area contributed by atoms with Gasteiger partial charge in [-0.3, -0.25) is 5.32 Å². The van der Waals surface area contributed by atoms with Crippen LogP contribution in [0.3, 0.4) is 0 Å². The first kappa shape index (κ1) is 23.0. The van der Waals surface area contributed by atoms with Crippen LogP contribution < -0.4 is 16.0 Å². The lowest BCUT2D eigenvalue weighted by Crippen LogP contribution is -2.34. The summed E-state index contributed by atoms with van der Waals surface area (Å²) in [5.74, 6) is 1.06. The van der Waals surface area contributed by atoms with E-state index >= 15 is 0 Å². The lowest BCUT2D eigenvalue weighted by molar-refractivity contribution is 0.431. The second-order valence-electron chi connectivity index (χ2n) is 8.89. The Labute approximate surface area is 197 Å². The molecule has 0 amide bonds. The molecule has 0 saturated carbocycles. The summed E-state index contributed by atoms with van der Waals surface area (Å²) in [6.07, 6.45) is 10.4. The highest BCUT2D eigenvalue weighted by atomic mass is 35.5. The van der Waals surface area contributed by atoms with Gasteiger partial charge in [-0.1, -0.05) is 54.4 Å². The number of halogens is 1. The van der Waals surface area contributed by atoms with Gasteiger partial charge in [0.05, 0.1) is 0 Å². The molecule has 2 aromatic rings. The summed E-state index contributed by atoms with van der Waals surface area (Å²) in [7, 11) is 0. The first-order valence-corrected chi connectivity index (χ1v) is 12.4. The normalized spacial score (nSPS) is 19.0. The van der Waals surface area contributed by atoms with Crippen molar-refractivity contribution in [1.82, 2.24) is 10.6 Å². The van der Waals surface area contributed by atoms with Gasteiger partial charge in [0.1, 0.15) is 12.0 Å². The van der Waals surface area contributed by atoms with Gasteiger partial charge in [0, 0.05) is 28.7 Å². The number of aliphatic imine (C=N–C) groups is 1. The predicted octanol–water partition coefficient (Wildman–Crippen LogP) is 6.65. The van der Waals surface area contributed by atoms with Crippen LogP contribution in [-0.4, -0.2) is 25.0 Å². The van der Waals surface area contributed by atoms with Gasteiger partial charge >= 0.3 is 0 Å². The van der Waals surface area contributed by atoms with Crippen LogP contribution in [0.1, 0.15) is 64.1 Å². The SMILES string of the molecule is CCNCCCC(C)NC1N=C(CCC2=CC=C(Cl)CC2)Nc2cc3ccccc3cc21. The van der Waals surface area contributed by atoms with E-state index in [1.807, 2.05) is 6.08 Å². The maximum Gasteiger partial charge on any atom is 0.129 e. The largest absolute Gasteiger partial charge is 0.344 e. The van der Waals surface area contributed by atoms with E-state index in [0.717, 1.165) is 56.1 Å². The van der Waals surface area contributed by atoms with Crippen LogP contribution in [0.5, 0.6) is 0 Å². The first-order chi connectivity index (χ1) is 15.6. The summed E-state index contributed by atoms with van der Waals surface area (Å²) in [6, 6.07) is 13.5. The number of fused-ring (bicyclic) bond motifs is 2. The molecule has 3 N–H and O–H groups in total. The first-order valence-electron chi connectivity index (χ1n) is 12.0. The number of anilines is 1. The maximum absolute atomic E-state index is 6.12. The van der Waals surface area contributed by atoms with E-state index in [0.29, 0.717) is 6.04 Å². The van der Waals surface area contributed by atoms with Gasteiger partial charge in [-0.2, -0.15) is 0 Å². The number of allylic oxidation sites excluding steroid dienone is 4. The Morgan fingerprint density at radius 2 is 1.94 bits per heavy atom. The molecule has 2 aromatic carbocycles. The van der Waals surface area contributed by atoms with E-state index in [1.54, 1.807) is 0 Å². The van der Waals surface area contributed by atoms with E-state index < -0.39 is 0 Å². The van der Waals surface area contributed by atoms with Gasteiger partial charge in [0.2, 0.25) is 0 Å². The summed E-state index contributed by atoms with van der Waals surface area (Å²) < 4.78 is 0.